The van der Waals surface area contributed by atoms with E-state index in [9.17, 15) is 21.6 Å². The second-order valence-electron chi connectivity index (χ2n) is 8.29. The van der Waals surface area contributed by atoms with E-state index in [-0.39, 0.29) is 0 Å². The van der Waals surface area contributed by atoms with Gasteiger partial charge in [0.15, 0.2) is 0 Å². The minimum absolute atomic E-state index is 0.466. The molecule has 0 aromatic heterocycles. The van der Waals surface area contributed by atoms with Crippen LogP contribution in [0, 0.1) is 0 Å². The maximum Gasteiger partial charge on any atom is 0.523 e. The summed E-state index contributed by atoms with van der Waals surface area (Å²) in [4.78, 5) is 0. The van der Waals surface area contributed by atoms with E-state index in [2.05, 4.69) is 20.8 Å². The largest absolute Gasteiger partial charge is 0.523 e. The second-order valence-corrected chi connectivity index (χ2v) is 13.4. The summed E-state index contributed by atoms with van der Waals surface area (Å²) in [7, 11) is -7.87. The van der Waals surface area contributed by atoms with Gasteiger partial charge < -0.3 is 0 Å². The molecule has 0 bridgehead atoms. The maximum absolute atomic E-state index is 13.1. The van der Waals surface area contributed by atoms with E-state index in [4.69, 9.17) is 3.63 Å². The van der Waals surface area contributed by atoms with Crippen molar-refractivity contribution in [1.82, 2.24) is 0 Å². The van der Waals surface area contributed by atoms with Crippen molar-refractivity contribution in [3.63, 3.8) is 0 Å². The molecule has 0 radical (unpaired) electrons. The van der Waals surface area contributed by atoms with Crippen molar-refractivity contribution >= 4 is 20.4 Å². The molecular formula is C22H45F3O3S2. The highest BCUT2D eigenvalue weighted by molar-refractivity contribution is 8.33. The minimum Gasteiger partial charge on any atom is -0.213 e. The van der Waals surface area contributed by atoms with Crippen LogP contribution < -0.4 is 0 Å². The Labute approximate surface area is 185 Å². The third-order valence-corrected chi connectivity index (χ3v) is 10.9. The van der Waals surface area contributed by atoms with Crippen LogP contribution in [-0.2, 0) is 13.7 Å². The van der Waals surface area contributed by atoms with Crippen LogP contribution in [0.25, 0.3) is 0 Å². The molecule has 0 saturated heterocycles. The van der Waals surface area contributed by atoms with Crippen LogP contribution in [0.1, 0.15) is 117 Å². The van der Waals surface area contributed by atoms with Gasteiger partial charge in [0.2, 0.25) is 0 Å². The van der Waals surface area contributed by atoms with E-state index >= 15 is 0 Å². The fourth-order valence-electron chi connectivity index (χ4n) is 3.54. The van der Waals surface area contributed by atoms with Gasteiger partial charge in [0.05, 0.1) is 0 Å². The highest BCUT2D eigenvalue weighted by atomic mass is 32.3. The Balaban J connectivity index is 5.28. The number of unbranched alkanes of at least 4 members (excludes halogenated alkanes) is 12. The lowest BCUT2D eigenvalue weighted by molar-refractivity contribution is -0.0496. The Morgan fingerprint density at radius 1 is 0.567 bits per heavy atom. The molecule has 0 unspecified atom stereocenters. The number of alkyl halides is 3. The molecule has 0 saturated carbocycles. The Morgan fingerprint density at radius 2 is 0.867 bits per heavy atom. The summed E-state index contributed by atoms with van der Waals surface area (Å²) < 4.78 is 68.4. The summed E-state index contributed by atoms with van der Waals surface area (Å²) in [5, 5.41) is 0. The molecule has 0 N–H and O–H groups in total. The van der Waals surface area contributed by atoms with Gasteiger partial charge in [-0.3, -0.25) is 0 Å². The molecule has 0 aliphatic heterocycles. The zero-order chi connectivity index (χ0) is 22.9. The third kappa shape index (κ3) is 13.5. The normalized spacial score (nSPS) is 13.7. The van der Waals surface area contributed by atoms with Gasteiger partial charge in [0.1, 0.15) is 0 Å². The lowest BCUT2D eigenvalue weighted by Crippen LogP contribution is -2.30. The van der Waals surface area contributed by atoms with E-state index in [0.29, 0.717) is 17.3 Å². The van der Waals surface area contributed by atoms with Crippen LogP contribution in [0.3, 0.4) is 0 Å². The van der Waals surface area contributed by atoms with Crippen molar-refractivity contribution in [3.05, 3.63) is 0 Å². The summed E-state index contributed by atoms with van der Waals surface area (Å²) in [5.74, 6) is 1.40. The van der Waals surface area contributed by atoms with Crippen LogP contribution in [0.4, 0.5) is 13.2 Å². The van der Waals surface area contributed by atoms with Crippen LogP contribution >= 0.6 is 10.3 Å². The third-order valence-electron chi connectivity index (χ3n) is 5.38. The predicted octanol–water partition coefficient (Wildman–Crippen LogP) is 8.48. The molecule has 8 heteroatoms. The van der Waals surface area contributed by atoms with Crippen LogP contribution in [-0.4, -0.2) is 31.2 Å². The topological polar surface area (TPSA) is 43.4 Å². The first kappa shape index (κ1) is 30.0. The number of halogens is 3. The lowest BCUT2D eigenvalue weighted by atomic mass is 10.2. The summed E-state index contributed by atoms with van der Waals surface area (Å²) in [6.07, 6.45) is 14.6. The Bertz CT molecular complexity index is 472. The Kier molecular flexibility index (Phi) is 16.7. The number of rotatable bonds is 20. The van der Waals surface area contributed by atoms with Gasteiger partial charge in [0, 0.05) is 17.3 Å². The smallest absolute Gasteiger partial charge is 0.213 e. The summed E-state index contributed by atoms with van der Waals surface area (Å²) in [6.45, 7) is 6.34. The Morgan fingerprint density at radius 3 is 1.13 bits per heavy atom. The average molecular weight is 479 g/mol. The second kappa shape index (κ2) is 16.7. The van der Waals surface area contributed by atoms with Crippen molar-refractivity contribution in [2.75, 3.05) is 17.3 Å². The lowest BCUT2D eigenvalue weighted by Gasteiger charge is -2.39. The monoisotopic (exact) mass is 478 g/mol. The average Bonchev–Trinajstić information content (AvgIpc) is 2.66. The maximum atomic E-state index is 13.1. The van der Waals surface area contributed by atoms with Crippen molar-refractivity contribution in [2.45, 2.75) is 123 Å². The van der Waals surface area contributed by atoms with Crippen molar-refractivity contribution < 1.29 is 25.2 Å². The van der Waals surface area contributed by atoms with E-state index in [1.54, 1.807) is 0 Å². The summed E-state index contributed by atoms with van der Waals surface area (Å²) in [5.41, 5.74) is -5.35. The predicted molar refractivity (Wildman–Crippen MR) is 125 cm³/mol. The van der Waals surface area contributed by atoms with Crippen LogP contribution in [0.15, 0.2) is 0 Å². The highest BCUT2D eigenvalue weighted by Gasteiger charge is 2.50. The van der Waals surface area contributed by atoms with Crippen molar-refractivity contribution in [3.8, 4) is 0 Å². The first-order chi connectivity index (χ1) is 14.1. The van der Waals surface area contributed by atoms with E-state index in [0.717, 1.165) is 96.3 Å². The van der Waals surface area contributed by atoms with Gasteiger partial charge in [-0.1, -0.05) is 97.8 Å². The van der Waals surface area contributed by atoms with Crippen LogP contribution in [0.2, 0.25) is 0 Å². The molecule has 0 aromatic rings. The minimum atomic E-state index is -5.56. The fraction of sp³-hybridized carbons (Fsp3) is 1.00. The molecule has 0 amide bonds. The molecular weight excluding hydrogens is 433 g/mol. The van der Waals surface area contributed by atoms with Crippen molar-refractivity contribution in [1.29, 1.82) is 0 Å². The molecule has 0 aliphatic carbocycles. The molecule has 0 spiro atoms. The van der Waals surface area contributed by atoms with Gasteiger partial charge >= 0.3 is 15.6 Å². The molecule has 0 fully saturated rings. The molecule has 0 aromatic carbocycles. The zero-order valence-electron chi connectivity index (χ0n) is 19.4. The molecule has 0 rings (SSSR count). The van der Waals surface area contributed by atoms with E-state index in [1.165, 1.54) is 0 Å². The molecule has 3 nitrogen and oxygen atoms in total. The highest BCUT2D eigenvalue weighted by Crippen LogP contribution is 2.55. The molecule has 0 atom stereocenters. The quantitative estimate of drug-likeness (QED) is 0.130. The number of hydrogen-bond donors (Lipinski definition) is 0. The molecule has 30 heavy (non-hydrogen) atoms. The van der Waals surface area contributed by atoms with E-state index in [1.807, 2.05) is 0 Å². The molecule has 0 aliphatic rings. The summed E-state index contributed by atoms with van der Waals surface area (Å²) in [6, 6.07) is 0. The number of hydrogen-bond acceptors (Lipinski definition) is 3. The SMILES string of the molecule is CCCCCCCS(CCCCCCC)(CCCCCCC)OS(=O)(=O)C(F)(F)F. The zero-order valence-corrected chi connectivity index (χ0v) is 21.0. The van der Waals surface area contributed by atoms with Gasteiger partial charge in [-0.2, -0.15) is 21.6 Å². The van der Waals surface area contributed by atoms with E-state index < -0.39 is 25.9 Å². The van der Waals surface area contributed by atoms with Gasteiger partial charge in [-0.05, 0) is 19.3 Å². The summed E-state index contributed by atoms with van der Waals surface area (Å²) >= 11 is 0. The van der Waals surface area contributed by atoms with Crippen molar-refractivity contribution in [2.24, 2.45) is 0 Å². The van der Waals surface area contributed by atoms with Gasteiger partial charge in [0.25, 0.3) is 0 Å². The van der Waals surface area contributed by atoms with Crippen LogP contribution in [0.5, 0.6) is 0 Å². The molecule has 0 heterocycles. The van der Waals surface area contributed by atoms with Gasteiger partial charge in [-0.15, -0.1) is 10.3 Å². The first-order valence-electron chi connectivity index (χ1n) is 11.9. The molecule has 184 valence electrons. The fourth-order valence-corrected chi connectivity index (χ4v) is 8.99. The first-order valence-corrected chi connectivity index (χ1v) is 15.4. The van der Waals surface area contributed by atoms with Gasteiger partial charge in [-0.25, -0.2) is 3.63 Å². The Hall–Kier alpha value is 0.0500. The standard InChI is InChI=1S/C22H45F3O3S2/c1-4-7-10-13-16-19-29(20-17-14-11-8-5-2,21-18-15-12-9-6-3)28-30(26,27)22(23,24)25/h4-21H2,1-3H3.